The normalized spacial score (nSPS) is 13.2. The van der Waals surface area contributed by atoms with E-state index in [1.807, 2.05) is 0 Å². The van der Waals surface area contributed by atoms with E-state index in [2.05, 4.69) is 19.1 Å². The van der Waals surface area contributed by atoms with Crippen LogP contribution < -0.4 is 69.3 Å². The number of allylic oxidation sites excluding steroid dienone is 2. The minimum atomic E-state index is -5.13. The van der Waals surface area contributed by atoms with Gasteiger partial charge >= 0.3 is 59.1 Å². The summed E-state index contributed by atoms with van der Waals surface area (Å²) in [6.07, 6.45) is 18.5. The van der Waals surface area contributed by atoms with Crippen molar-refractivity contribution in [2.75, 3.05) is 0 Å². The van der Waals surface area contributed by atoms with E-state index in [0.29, 0.717) is 6.42 Å². The van der Waals surface area contributed by atoms with Crippen molar-refractivity contribution in [2.45, 2.75) is 121 Å². The molecule has 0 aromatic carbocycles. The largest absolute Gasteiger partial charge is 1.00 e. The van der Waals surface area contributed by atoms with Gasteiger partial charge in [0.25, 0.3) is 10.1 Å². The van der Waals surface area contributed by atoms with Gasteiger partial charge in [-0.2, -0.15) is 8.42 Å². The monoisotopic (exact) mass is 506 g/mol. The third-order valence-corrected chi connectivity index (χ3v) is 7.14. The van der Waals surface area contributed by atoms with Gasteiger partial charge in [-0.15, -0.1) is 0 Å². The van der Waals surface area contributed by atoms with Crippen molar-refractivity contribution >= 4 is 22.1 Å². The van der Waals surface area contributed by atoms with Crippen molar-refractivity contribution in [3.05, 3.63) is 12.2 Å². The summed E-state index contributed by atoms with van der Waals surface area (Å²) in [4.78, 5) is 22.0. The summed E-state index contributed by atoms with van der Waals surface area (Å²) in [5.74, 6) is -3.97. The molecule has 7 nitrogen and oxygen atoms in total. The summed E-state index contributed by atoms with van der Waals surface area (Å²) in [6.45, 7) is 2.22. The second-order valence-corrected chi connectivity index (χ2v) is 10.1. The topological polar surface area (TPSA) is 135 Å². The van der Waals surface area contributed by atoms with Gasteiger partial charge < -0.3 is 19.8 Å². The number of carbonyl (C=O) groups excluding carboxylic acids is 2. The predicted molar refractivity (Wildman–Crippen MR) is 118 cm³/mol. The molecule has 0 aliphatic carbocycles. The zero-order valence-electron chi connectivity index (χ0n) is 21.0. The van der Waals surface area contributed by atoms with Crippen LogP contribution >= 0.6 is 0 Å². The second-order valence-electron chi connectivity index (χ2n) is 8.35. The van der Waals surface area contributed by atoms with Crippen LogP contribution in [0.1, 0.15) is 116 Å². The number of carboxylic acid groups (broad SMARTS) is 2. The first kappa shape index (κ1) is 38.1. The van der Waals surface area contributed by atoms with Gasteiger partial charge in [0.05, 0.1) is 5.97 Å². The van der Waals surface area contributed by atoms with E-state index in [1.165, 1.54) is 38.5 Å². The van der Waals surface area contributed by atoms with Crippen LogP contribution in [0, 0.1) is 0 Å². The second kappa shape index (κ2) is 23.0. The fourth-order valence-electron chi connectivity index (χ4n) is 3.66. The van der Waals surface area contributed by atoms with Gasteiger partial charge in [0.2, 0.25) is 0 Å². The molecule has 0 aromatic rings. The van der Waals surface area contributed by atoms with Crippen LogP contribution in [0.25, 0.3) is 0 Å². The Morgan fingerprint density at radius 1 is 0.758 bits per heavy atom. The van der Waals surface area contributed by atoms with Gasteiger partial charge in [-0.3, -0.25) is 4.55 Å². The van der Waals surface area contributed by atoms with Crippen molar-refractivity contribution < 1.29 is 91.9 Å². The SMILES string of the molecule is CCCCCCCC/C=C\CCCCCCCCCC(CC(=O)[O-])(C(=O)[O-])S(=O)(=O)O.[Na+].[Na+]. The van der Waals surface area contributed by atoms with Crippen LogP contribution in [0.5, 0.6) is 0 Å². The molecule has 0 spiro atoms. The fourth-order valence-corrected chi connectivity index (χ4v) is 4.57. The molecule has 1 N–H and O–H groups in total. The van der Waals surface area contributed by atoms with Crippen LogP contribution in [0.3, 0.4) is 0 Å². The third-order valence-electron chi connectivity index (χ3n) is 5.64. The molecular formula is C23H40Na2O7S. The number of carboxylic acids is 2. The number of aliphatic carboxylic acids is 2. The van der Waals surface area contributed by atoms with E-state index in [0.717, 1.165) is 44.9 Å². The summed E-state index contributed by atoms with van der Waals surface area (Å²) in [5, 5.41) is 22.0. The first-order chi connectivity index (χ1) is 14.7. The maximum absolute atomic E-state index is 11.5. The Bertz CT molecular complexity index is 639. The zero-order valence-corrected chi connectivity index (χ0v) is 25.8. The number of unbranched alkanes of at least 4 members (excludes halogenated alkanes) is 13. The summed E-state index contributed by atoms with van der Waals surface area (Å²) >= 11 is 0. The van der Waals surface area contributed by atoms with Crippen LogP contribution in [0.15, 0.2) is 12.2 Å². The zero-order chi connectivity index (χ0) is 23.6. The minimum absolute atomic E-state index is 0. The van der Waals surface area contributed by atoms with E-state index >= 15 is 0 Å². The number of hydrogen-bond donors (Lipinski definition) is 1. The molecule has 0 rings (SSSR count). The van der Waals surface area contributed by atoms with E-state index < -0.39 is 39.6 Å². The molecule has 1 atom stereocenters. The average molecular weight is 507 g/mol. The van der Waals surface area contributed by atoms with Crippen molar-refractivity contribution in [1.29, 1.82) is 0 Å². The van der Waals surface area contributed by atoms with Gasteiger partial charge in [-0.25, -0.2) is 0 Å². The molecule has 182 valence electrons. The van der Waals surface area contributed by atoms with E-state index in [1.54, 1.807) is 0 Å². The van der Waals surface area contributed by atoms with Gasteiger partial charge in [-0.05, 0) is 32.1 Å². The molecule has 0 radical (unpaired) electrons. The molecule has 0 saturated carbocycles. The smallest absolute Gasteiger partial charge is 0.550 e. The maximum atomic E-state index is 11.5. The molecular weight excluding hydrogens is 466 g/mol. The Hall–Kier alpha value is 0.590. The molecule has 0 fully saturated rings. The molecule has 1 unspecified atom stereocenters. The van der Waals surface area contributed by atoms with Crippen molar-refractivity contribution in [2.24, 2.45) is 0 Å². The minimum Gasteiger partial charge on any atom is -0.550 e. The van der Waals surface area contributed by atoms with Crippen LogP contribution in [0.2, 0.25) is 0 Å². The maximum Gasteiger partial charge on any atom is 1.00 e. The van der Waals surface area contributed by atoms with Crippen molar-refractivity contribution in [3.8, 4) is 0 Å². The fraction of sp³-hybridized carbons (Fsp3) is 0.826. The Kier molecular flexibility index (Phi) is 26.6. The van der Waals surface area contributed by atoms with Crippen molar-refractivity contribution in [3.63, 3.8) is 0 Å². The van der Waals surface area contributed by atoms with Crippen molar-refractivity contribution in [1.82, 2.24) is 0 Å². The first-order valence-electron chi connectivity index (χ1n) is 11.7. The van der Waals surface area contributed by atoms with Gasteiger partial charge in [0, 0.05) is 12.4 Å². The van der Waals surface area contributed by atoms with Gasteiger partial charge in [0.1, 0.15) is 4.75 Å². The Balaban J connectivity index is -0.00000450. The Morgan fingerprint density at radius 3 is 1.52 bits per heavy atom. The first-order valence-corrected chi connectivity index (χ1v) is 13.1. The van der Waals surface area contributed by atoms with Gasteiger partial charge in [0.15, 0.2) is 0 Å². The summed E-state index contributed by atoms with van der Waals surface area (Å²) in [5.41, 5.74) is 0. The molecule has 0 amide bonds. The molecule has 0 aromatic heterocycles. The molecule has 33 heavy (non-hydrogen) atoms. The molecule has 10 heteroatoms. The van der Waals surface area contributed by atoms with E-state index in [4.69, 9.17) is 0 Å². The van der Waals surface area contributed by atoms with Crippen LogP contribution in [0.4, 0.5) is 0 Å². The van der Waals surface area contributed by atoms with Crippen LogP contribution in [-0.2, 0) is 19.7 Å². The standard InChI is InChI=1S/C23H42O7S.2Na/c1-2-3-4-5-6-7-8-9-10-11-12-13-14-15-16-17-18-19-23(22(26)27,20-21(24)25)31(28,29)30;;/h9-10H,2-8,11-20H2,1H3,(H,24,25)(H,26,27)(H,28,29,30);;/q;2*+1/p-2/b10-9-;;. The molecule has 0 heterocycles. The summed E-state index contributed by atoms with van der Waals surface area (Å²) < 4.78 is 29.3. The quantitative estimate of drug-likeness (QED) is 0.0776. The third kappa shape index (κ3) is 18.5. The molecule has 0 bridgehead atoms. The van der Waals surface area contributed by atoms with E-state index in [9.17, 15) is 32.8 Å². The Labute approximate surface area is 244 Å². The number of hydrogen-bond acceptors (Lipinski definition) is 6. The molecule has 0 aliphatic heterocycles. The summed E-state index contributed by atoms with van der Waals surface area (Å²) in [7, 11) is -5.13. The number of rotatable bonds is 21. The molecule has 0 aliphatic rings. The molecule has 0 saturated heterocycles. The Morgan fingerprint density at radius 2 is 1.15 bits per heavy atom. The van der Waals surface area contributed by atoms with Gasteiger partial charge in [-0.1, -0.05) is 89.7 Å². The predicted octanol–water partition coefficient (Wildman–Crippen LogP) is -2.67. The van der Waals surface area contributed by atoms with E-state index in [-0.39, 0.29) is 65.5 Å². The van der Waals surface area contributed by atoms with Crippen LogP contribution in [-0.4, -0.2) is 29.7 Å². The summed E-state index contributed by atoms with van der Waals surface area (Å²) in [6, 6.07) is 0. The number of carbonyl (C=O) groups is 2. The average Bonchev–Trinajstić information content (AvgIpc) is 2.68.